The molecular weight excluding hydrogens is 888 g/mol. The van der Waals surface area contributed by atoms with Crippen LogP contribution in [0.2, 0.25) is 0 Å². The molecule has 0 atom stereocenters. The smallest absolute Gasteiger partial charge is 0.495 e. The molecule has 0 saturated carbocycles. The Morgan fingerprint density at radius 1 is 0.714 bits per heavy atom. The van der Waals surface area contributed by atoms with E-state index in [4.69, 9.17) is 9.47 Å². The predicted octanol–water partition coefficient (Wildman–Crippen LogP) is 7.09. The van der Waals surface area contributed by atoms with E-state index in [1.54, 1.807) is 0 Å². The first-order valence-electron chi connectivity index (χ1n) is 19.8. The quantitative estimate of drug-likeness (QED) is 0.0232. The molecule has 3 aromatic carbocycles. The maximum Gasteiger partial charge on any atom is 0.495 e. The lowest BCUT2D eigenvalue weighted by Crippen LogP contribution is -2.38. The molecule has 5 aromatic rings. The molecule has 0 amide bonds. The highest BCUT2D eigenvalue weighted by Crippen LogP contribution is 2.30. The van der Waals surface area contributed by atoms with Crippen LogP contribution >= 0.6 is 12.2 Å². The predicted molar refractivity (Wildman–Crippen MR) is 235 cm³/mol. The monoisotopic (exact) mass is 947 g/mol. The van der Waals surface area contributed by atoms with Gasteiger partial charge in [-0.05, 0) is 49.0 Å². The second-order valence-corrected chi connectivity index (χ2v) is 16.2. The van der Waals surface area contributed by atoms with Gasteiger partial charge in [0.15, 0.2) is 22.1 Å². The molecule has 0 spiro atoms. The lowest BCUT2D eigenvalue weighted by molar-refractivity contribution is -0.668. The summed E-state index contributed by atoms with van der Waals surface area (Å²) < 4.78 is 119. The van der Waals surface area contributed by atoms with E-state index in [1.807, 2.05) is 66.6 Å². The van der Waals surface area contributed by atoms with Gasteiger partial charge in [0, 0.05) is 38.8 Å². The van der Waals surface area contributed by atoms with Crippen molar-refractivity contribution < 1.29 is 66.1 Å². The van der Waals surface area contributed by atoms with Crippen molar-refractivity contribution in [1.29, 1.82) is 0 Å². The third-order valence-corrected chi connectivity index (χ3v) is 10.2. The highest BCUT2D eigenvalue weighted by molar-refractivity contribution is 7.81. The topological polar surface area (TPSA) is 181 Å². The number of aliphatic imine (C=N–C) groups is 1. The fourth-order valence-corrected chi connectivity index (χ4v) is 5.90. The molecule has 0 fully saturated rings. The lowest BCUT2D eigenvalue weighted by Gasteiger charge is -2.03. The standard InChI is InChI=1S/C14H17F3N4.C13H17NOS.C13H20O.2CH4O4S/c1-8-18(2)9-6-11-12(7-10(9)19(8)3)21(5)13(20(11)4)14(15,16)17;16-12-14-9-5-2-6-10-15-11-13-7-3-1-4-8-13;1-2-3-4-8-11-14-12-13-9-6-5-7-10-13;2*1-5-6(2,3)4/h6-7H,1-5H3;1,3-4,7-8H,2,5-6,9-11H2;5-7,9-10H,2-4,8,11-12H2,1H3;2*1H3,(H,2,3,4)/q+2;;;;/p-2. The molecule has 0 aliphatic rings. The number of aryl methyl sites for hydroxylation is 4. The minimum atomic E-state index is -4.41. The van der Waals surface area contributed by atoms with Crippen LogP contribution in [0.3, 0.4) is 0 Å². The molecule has 63 heavy (non-hydrogen) atoms. The van der Waals surface area contributed by atoms with Crippen LogP contribution < -0.4 is 9.13 Å². The summed E-state index contributed by atoms with van der Waals surface area (Å²) in [4.78, 5) is 3.86. The fraction of sp³-hybridized carbons (Fsp3) is 0.500. The maximum absolute atomic E-state index is 13.2. The van der Waals surface area contributed by atoms with Crippen molar-refractivity contribution in [2.75, 3.05) is 34.0 Å². The van der Waals surface area contributed by atoms with E-state index in [9.17, 15) is 39.1 Å². The molecule has 0 aliphatic heterocycles. The molecule has 2 heterocycles. The summed E-state index contributed by atoms with van der Waals surface area (Å²) in [6.07, 6.45) is 4.01. The Kier molecular flexibility index (Phi) is 26.5. The van der Waals surface area contributed by atoms with Crippen LogP contribution in [-0.2, 0) is 86.2 Å². The van der Waals surface area contributed by atoms with E-state index in [2.05, 4.69) is 74.1 Å². The van der Waals surface area contributed by atoms with Gasteiger partial charge >= 0.3 is 12.0 Å². The molecule has 0 unspecified atom stereocenters. The maximum atomic E-state index is 13.2. The number of hydrogen-bond donors (Lipinski definition) is 0. The Morgan fingerprint density at radius 3 is 1.56 bits per heavy atom. The van der Waals surface area contributed by atoms with Crippen molar-refractivity contribution in [2.45, 2.75) is 78.2 Å². The summed E-state index contributed by atoms with van der Waals surface area (Å²) in [5, 5.41) is 2.37. The fourth-order valence-electron chi connectivity index (χ4n) is 5.81. The molecule has 5 rings (SSSR count). The Bertz CT molecular complexity index is 2260. The van der Waals surface area contributed by atoms with Gasteiger partial charge in [0.25, 0.3) is 5.82 Å². The summed E-state index contributed by atoms with van der Waals surface area (Å²) in [6, 6.07) is 24.2. The molecule has 21 heteroatoms. The molecule has 15 nitrogen and oxygen atoms in total. The Hall–Kier alpha value is -4.15. The van der Waals surface area contributed by atoms with Crippen molar-refractivity contribution in [3.05, 3.63) is 95.6 Å². The zero-order chi connectivity index (χ0) is 47.6. The van der Waals surface area contributed by atoms with Crippen LogP contribution in [0.1, 0.15) is 74.6 Å². The van der Waals surface area contributed by atoms with Gasteiger partial charge in [0.2, 0.25) is 20.8 Å². The first kappa shape index (κ1) is 56.9. The van der Waals surface area contributed by atoms with Crippen molar-refractivity contribution in [3.8, 4) is 0 Å². The molecule has 0 saturated heterocycles. The van der Waals surface area contributed by atoms with Crippen LogP contribution in [0.4, 0.5) is 13.2 Å². The second-order valence-electron chi connectivity index (χ2n) is 13.8. The molecule has 0 radical (unpaired) electrons. The molecule has 0 bridgehead atoms. The number of aromatic nitrogens is 4. The highest BCUT2D eigenvalue weighted by Gasteiger charge is 2.45. The summed E-state index contributed by atoms with van der Waals surface area (Å²) in [7, 11) is -0.478. The minimum Gasteiger partial charge on any atom is -0.726 e. The number of fused-ring (bicyclic) bond motifs is 2. The van der Waals surface area contributed by atoms with Crippen molar-refractivity contribution in [1.82, 2.24) is 9.13 Å². The second kappa shape index (κ2) is 29.3. The van der Waals surface area contributed by atoms with Gasteiger partial charge in [-0.2, -0.15) is 13.2 Å². The van der Waals surface area contributed by atoms with E-state index in [-0.39, 0.29) is 0 Å². The Labute approximate surface area is 375 Å². The largest absolute Gasteiger partial charge is 0.726 e. The highest BCUT2D eigenvalue weighted by atomic mass is 32.3. The normalized spacial score (nSPS) is 11.3. The van der Waals surface area contributed by atoms with Gasteiger partial charge in [-0.3, -0.25) is 8.37 Å². The number of benzene rings is 3. The zero-order valence-corrected chi connectivity index (χ0v) is 39.5. The molecular formula is C42H60F3N5O10S3. The lowest BCUT2D eigenvalue weighted by atomic mass is 10.2. The van der Waals surface area contributed by atoms with Gasteiger partial charge < -0.3 is 18.6 Å². The van der Waals surface area contributed by atoms with Crippen LogP contribution in [0, 0.1) is 6.92 Å². The Morgan fingerprint density at radius 2 is 1.14 bits per heavy atom. The number of unbranched alkanes of at least 4 members (excludes halogenated alkanes) is 5. The van der Waals surface area contributed by atoms with Crippen LogP contribution in [0.15, 0.2) is 77.8 Å². The number of thiocarbonyl (C=S) groups is 1. The number of rotatable bonds is 17. The van der Waals surface area contributed by atoms with Crippen molar-refractivity contribution in [3.63, 3.8) is 0 Å². The number of imidazole rings is 2. The summed E-state index contributed by atoms with van der Waals surface area (Å²) >= 11 is 4.48. The van der Waals surface area contributed by atoms with Gasteiger partial charge in [0.05, 0.1) is 60.8 Å². The average Bonchev–Trinajstić information content (AvgIpc) is 3.62. The van der Waals surface area contributed by atoms with Crippen molar-refractivity contribution in [2.24, 2.45) is 33.2 Å². The van der Waals surface area contributed by atoms with Crippen LogP contribution in [0.25, 0.3) is 22.1 Å². The number of alkyl halides is 3. The molecule has 0 aliphatic carbocycles. The number of isothiocyanates is 1. The summed E-state index contributed by atoms with van der Waals surface area (Å²) in [5.41, 5.74) is 5.46. The summed E-state index contributed by atoms with van der Waals surface area (Å²) in [6.45, 7) is 8.18. The Balaban J connectivity index is 0.000000425. The van der Waals surface area contributed by atoms with E-state index in [1.165, 1.54) is 60.0 Å². The zero-order valence-electron chi connectivity index (χ0n) is 37.1. The number of hydrogen-bond acceptors (Lipinski definition) is 12. The third kappa shape index (κ3) is 22.4. The SMILES string of the molecule is CCCCCCOCc1ccccc1.COS(=O)(=O)[O-].COS(=O)(=O)[O-].Cc1n(C)c2cc3c(cc2[n+]1C)[n+](C)c(C(F)(F)F)n3C.S=C=NCCCCCOCc1ccccc1. The molecule has 0 N–H and O–H groups in total. The van der Waals surface area contributed by atoms with Crippen LogP contribution in [-0.4, -0.2) is 74.2 Å². The third-order valence-electron chi connectivity index (χ3n) is 9.27. The summed E-state index contributed by atoms with van der Waals surface area (Å²) in [5.74, 6) is 0.381. The van der Waals surface area contributed by atoms with Gasteiger partial charge in [-0.15, -0.1) is 0 Å². The number of nitrogens with zero attached hydrogens (tertiary/aromatic N) is 5. The number of ether oxygens (including phenoxy) is 2. The van der Waals surface area contributed by atoms with Gasteiger partial charge in [-0.1, -0.05) is 86.8 Å². The van der Waals surface area contributed by atoms with Gasteiger partial charge in [0.1, 0.15) is 0 Å². The van der Waals surface area contributed by atoms with E-state index >= 15 is 0 Å². The number of halogens is 3. The molecule has 352 valence electrons. The van der Waals surface area contributed by atoms with E-state index in [0.29, 0.717) is 17.6 Å². The average molecular weight is 948 g/mol. The van der Waals surface area contributed by atoms with E-state index in [0.717, 1.165) is 76.7 Å². The minimum absolute atomic E-state index is 0.568. The van der Waals surface area contributed by atoms with Crippen molar-refractivity contribution >= 4 is 60.2 Å². The van der Waals surface area contributed by atoms with E-state index < -0.39 is 32.8 Å². The van der Waals surface area contributed by atoms with Crippen LogP contribution in [0.5, 0.6) is 0 Å². The first-order valence-corrected chi connectivity index (χ1v) is 22.9. The molecule has 2 aromatic heterocycles. The first-order chi connectivity index (χ1) is 29.6. The van der Waals surface area contributed by atoms with Gasteiger partial charge in [-0.25, -0.2) is 40.1 Å².